The minimum atomic E-state index is -2.49. The van der Waals surface area contributed by atoms with Gasteiger partial charge in [-0.25, -0.2) is 4.98 Å². The topological polar surface area (TPSA) is 67.2 Å². The lowest BCUT2D eigenvalue weighted by Crippen LogP contribution is -2.03. The lowest BCUT2D eigenvalue weighted by molar-refractivity contribution is 0.415. The monoisotopic (exact) mass is 439 g/mol. The zero-order valence-corrected chi connectivity index (χ0v) is 18.1. The molecule has 0 bridgehead atoms. The standard InChI is InChI=1S/C26H20N2O3S/c1-31-22-13-8-19(9-14-22)20-10-16-25-24(17-20)23-15-12-21(27-26(23)28(25)32(29)30)11-7-18-5-3-2-4-6-18/h2-17H,1H3,(H,29,30)/p-1/b11-7+. The van der Waals surface area contributed by atoms with Crippen LogP contribution in [-0.2, 0) is 11.3 Å². The summed E-state index contributed by atoms with van der Waals surface area (Å²) in [5.41, 5.74) is 4.76. The van der Waals surface area contributed by atoms with Gasteiger partial charge in [0.2, 0.25) is 0 Å². The number of hydrogen-bond donors (Lipinski definition) is 0. The molecule has 32 heavy (non-hydrogen) atoms. The van der Waals surface area contributed by atoms with Gasteiger partial charge in [-0.15, -0.1) is 0 Å². The van der Waals surface area contributed by atoms with Crippen LogP contribution >= 0.6 is 0 Å². The van der Waals surface area contributed by atoms with E-state index in [2.05, 4.69) is 4.98 Å². The number of aromatic nitrogens is 2. The minimum absolute atomic E-state index is 0.412. The molecule has 0 spiro atoms. The van der Waals surface area contributed by atoms with Crippen LogP contribution in [0.15, 0.2) is 84.9 Å². The molecule has 0 fully saturated rings. The van der Waals surface area contributed by atoms with Gasteiger partial charge in [-0.2, -0.15) is 0 Å². The normalized spacial score (nSPS) is 12.6. The average molecular weight is 440 g/mol. The second-order valence-electron chi connectivity index (χ2n) is 7.32. The average Bonchev–Trinajstić information content (AvgIpc) is 3.16. The number of hydrogen-bond acceptors (Lipinski definition) is 4. The molecule has 0 aliphatic rings. The molecule has 0 saturated carbocycles. The van der Waals surface area contributed by atoms with Crippen LogP contribution in [0.3, 0.4) is 0 Å². The molecule has 158 valence electrons. The Bertz CT molecular complexity index is 1470. The predicted octanol–water partition coefficient (Wildman–Crippen LogP) is 5.68. The van der Waals surface area contributed by atoms with E-state index in [4.69, 9.17) is 4.74 Å². The Hall–Kier alpha value is -3.74. The van der Waals surface area contributed by atoms with Crippen LogP contribution in [0.5, 0.6) is 5.75 Å². The number of methoxy groups -OCH3 is 1. The molecule has 6 heteroatoms. The second-order valence-corrected chi connectivity index (χ2v) is 8.12. The summed E-state index contributed by atoms with van der Waals surface area (Å²) in [5.74, 6) is 0.786. The van der Waals surface area contributed by atoms with Crippen molar-refractivity contribution in [2.45, 2.75) is 0 Å². The van der Waals surface area contributed by atoms with Gasteiger partial charge >= 0.3 is 0 Å². The molecule has 0 aliphatic heterocycles. The largest absolute Gasteiger partial charge is 0.755 e. The highest BCUT2D eigenvalue weighted by molar-refractivity contribution is 7.77. The van der Waals surface area contributed by atoms with E-state index in [1.807, 2.05) is 97.1 Å². The Kier molecular flexibility index (Phi) is 5.31. The Morgan fingerprint density at radius 1 is 0.875 bits per heavy atom. The zero-order valence-electron chi connectivity index (χ0n) is 17.3. The molecule has 3 aromatic carbocycles. The third-order valence-corrected chi connectivity index (χ3v) is 6.08. The third kappa shape index (κ3) is 3.70. The van der Waals surface area contributed by atoms with Crippen molar-refractivity contribution in [3.63, 3.8) is 0 Å². The van der Waals surface area contributed by atoms with Gasteiger partial charge in [0.05, 0.1) is 29.6 Å². The number of rotatable bonds is 5. The molecule has 0 amide bonds. The van der Waals surface area contributed by atoms with Crippen molar-refractivity contribution in [2.24, 2.45) is 0 Å². The van der Waals surface area contributed by atoms with E-state index in [0.717, 1.165) is 33.2 Å². The molecule has 2 heterocycles. The Morgan fingerprint density at radius 3 is 2.34 bits per heavy atom. The summed E-state index contributed by atoms with van der Waals surface area (Å²) in [7, 11) is 1.63. The van der Waals surface area contributed by atoms with E-state index in [9.17, 15) is 8.76 Å². The highest BCUT2D eigenvalue weighted by Gasteiger charge is 2.14. The van der Waals surface area contributed by atoms with Crippen molar-refractivity contribution in [1.29, 1.82) is 0 Å². The van der Waals surface area contributed by atoms with Gasteiger partial charge in [0.25, 0.3) is 0 Å². The number of fused-ring (bicyclic) bond motifs is 3. The molecular formula is C26H19N2O3S-. The first-order valence-corrected chi connectivity index (χ1v) is 11.1. The van der Waals surface area contributed by atoms with Crippen LogP contribution < -0.4 is 4.74 Å². The molecule has 2 aromatic heterocycles. The Morgan fingerprint density at radius 2 is 1.62 bits per heavy atom. The van der Waals surface area contributed by atoms with E-state index in [-0.39, 0.29) is 0 Å². The first-order chi connectivity index (χ1) is 15.6. The molecule has 0 radical (unpaired) electrons. The first-order valence-electron chi connectivity index (χ1n) is 10.1. The smallest absolute Gasteiger partial charge is 0.152 e. The van der Waals surface area contributed by atoms with Crippen LogP contribution in [0.1, 0.15) is 11.3 Å². The van der Waals surface area contributed by atoms with E-state index >= 15 is 0 Å². The van der Waals surface area contributed by atoms with Crippen molar-refractivity contribution in [3.8, 4) is 16.9 Å². The molecule has 1 atom stereocenters. The van der Waals surface area contributed by atoms with Gasteiger partial charge < -0.3 is 9.29 Å². The SMILES string of the molecule is COc1ccc(-c2ccc3c(c2)c2ccc(/C=C/c4ccccc4)nc2n3S(=O)[O-])cc1. The van der Waals surface area contributed by atoms with Gasteiger partial charge in [-0.05, 0) is 59.2 Å². The second kappa shape index (κ2) is 8.42. The molecule has 0 aliphatic carbocycles. The number of nitrogens with zero attached hydrogens (tertiary/aromatic N) is 2. The van der Waals surface area contributed by atoms with E-state index in [1.54, 1.807) is 7.11 Å². The van der Waals surface area contributed by atoms with E-state index in [0.29, 0.717) is 16.9 Å². The van der Waals surface area contributed by atoms with Crippen molar-refractivity contribution in [1.82, 2.24) is 8.96 Å². The van der Waals surface area contributed by atoms with Crippen molar-refractivity contribution in [2.75, 3.05) is 7.11 Å². The summed E-state index contributed by atoms with van der Waals surface area (Å²) < 4.78 is 30.7. The van der Waals surface area contributed by atoms with Crippen LogP contribution in [0, 0.1) is 0 Å². The fourth-order valence-corrected chi connectivity index (χ4v) is 4.42. The van der Waals surface area contributed by atoms with E-state index < -0.39 is 11.3 Å². The van der Waals surface area contributed by atoms with Crippen LogP contribution in [0.4, 0.5) is 0 Å². The predicted molar refractivity (Wildman–Crippen MR) is 129 cm³/mol. The summed E-state index contributed by atoms with van der Waals surface area (Å²) in [6, 6.07) is 27.2. The number of benzene rings is 3. The highest BCUT2D eigenvalue weighted by Crippen LogP contribution is 2.33. The van der Waals surface area contributed by atoms with Gasteiger partial charge in [0.15, 0.2) is 5.65 Å². The number of ether oxygens (including phenoxy) is 1. The Labute approximate surface area is 188 Å². The summed E-state index contributed by atoms with van der Waals surface area (Å²) in [6.07, 6.45) is 3.84. The van der Waals surface area contributed by atoms with Crippen LogP contribution in [0.25, 0.3) is 45.2 Å². The molecule has 0 N–H and O–H groups in total. The maximum Gasteiger partial charge on any atom is 0.152 e. The summed E-state index contributed by atoms with van der Waals surface area (Å²) in [5, 5.41) is 1.63. The fourth-order valence-electron chi connectivity index (χ4n) is 3.82. The third-order valence-electron chi connectivity index (χ3n) is 5.41. The molecule has 0 saturated heterocycles. The fraction of sp³-hybridized carbons (Fsp3) is 0.0385. The summed E-state index contributed by atoms with van der Waals surface area (Å²) in [4.78, 5) is 4.64. The molecule has 5 aromatic rings. The Balaban J connectivity index is 1.64. The van der Waals surface area contributed by atoms with Crippen LogP contribution in [0.2, 0.25) is 0 Å². The minimum Gasteiger partial charge on any atom is -0.755 e. The van der Waals surface area contributed by atoms with Crippen LogP contribution in [-0.4, -0.2) is 24.8 Å². The van der Waals surface area contributed by atoms with Crippen molar-refractivity contribution >= 4 is 45.4 Å². The molecule has 5 nitrogen and oxygen atoms in total. The van der Waals surface area contributed by atoms with Gasteiger partial charge in [-0.3, -0.25) is 8.18 Å². The van der Waals surface area contributed by atoms with Crippen molar-refractivity contribution in [3.05, 3.63) is 96.2 Å². The summed E-state index contributed by atoms with van der Waals surface area (Å²) in [6.45, 7) is 0. The molecule has 5 rings (SSSR count). The highest BCUT2D eigenvalue weighted by atomic mass is 32.2. The lowest BCUT2D eigenvalue weighted by Gasteiger charge is -2.09. The molecular weight excluding hydrogens is 420 g/mol. The molecule has 1 unspecified atom stereocenters. The van der Waals surface area contributed by atoms with Gasteiger partial charge in [0, 0.05) is 10.8 Å². The summed E-state index contributed by atoms with van der Waals surface area (Å²) >= 11 is -2.49. The zero-order chi connectivity index (χ0) is 22.1. The number of pyridine rings is 1. The maximum absolute atomic E-state index is 12.1. The van der Waals surface area contributed by atoms with E-state index in [1.165, 1.54) is 3.97 Å². The lowest BCUT2D eigenvalue weighted by atomic mass is 10.0. The maximum atomic E-state index is 12.1. The van der Waals surface area contributed by atoms with Crippen molar-refractivity contribution < 1.29 is 13.5 Å². The van der Waals surface area contributed by atoms with Gasteiger partial charge in [-0.1, -0.05) is 54.6 Å². The first kappa shape index (κ1) is 20.2. The van der Waals surface area contributed by atoms with Gasteiger partial charge in [0.1, 0.15) is 5.75 Å². The quantitative estimate of drug-likeness (QED) is 0.331.